The van der Waals surface area contributed by atoms with Crippen LogP contribution in [0.5, 0.6) is 17.2 Å². The van der Waals surface area contributed by atoms with Crippen molar-refractivity contribution in [1.82, 2.24) is 0 Å². The molecule has 0 unspecified atom stereocenters. The Balaban J connectivity index is 1.28. The molecule has 0 N–H and O–H groups in total. The van der Waals surface area contributed by atoms with Crippen LogP contribution in [-0.4, -0.2) is 58.7 Å². The van der Waals surface area contributed by atoms with Gasteiger partial charge in [-0.3, -0.25) is 4.79 Å². The van der Waals surface area contributed by atoms with Gasteiger partial charge in [0.05, 0.1) is 45.5 Å². The van der Waals surface area contributed by atoms with Crippen molar-refractivity contribution in [1.29, 1.82) is 0 Å². The Bertz CT molecular complexity index is 1180. The molecule has 0 radical (unpaired) electrons. The molecule has 40 heavy (non-hydrogen) atoms. The lowest BCUT2D eigenvalue weighted by Crippen LogP contribution is -2.18. The maximum Gasteiger partial charge on any atom is 0.343 e. The molecule has 0 bridgehead atoms. The Labute approximate surface area is 236 Å². The van der Waals surface area contributed by atoms with E-state index in [0.29, 0.717) is 56.5 Å². The van der Waals surface area contributed by atoms with Gasteiger partial charge in [-0.05, 0) is 65.1 Å². The smallest absolute Gasteiger partial charge is 0.343 e. The summed E-state index contributed by atoms with van der Waals surface area (Å²) in [6.45, 7) is 8.09. The maximum atomic E-state index is 12.5. The predicted molar refractivity (Wildman–Crippen MR) is 152 cm³/mol. The number of carbonyl (C=O) groups excluding carboxylic acids is 2. The first-order chi connectivity index (χ1) is 19.2. The van der Waals surface area contributed by atoms with E-state index in [1.807, 2.05) is 57.2 Å². The van der Waals surface area contributed by atoms with Crippen LogP contribution >= 0.6 is 0 Å². The summed E-state index contributed by atoms with van der Waals surface area (Å²) in [5.74, 6) is 1.22. The first kappa shape index (κ1) is 30.7. The number of esters is 2. The van der Waals surface area contributed by atoms with Crippen molar-refractivity contribution in [2.45, 2.75) is 27.2 Å². The van der Waals surface area contributed by atoms with Crippen LogP contribution < -0.4 is 14.2 Å². The van der Waals surface area contributed by atoms with E-state index in [1.54, 1.807) is 43.5 Å². The highest BCUT2D eigenvalue weighted by atomic mass is 16.6. The van der Waals surface area contributed by atoms with Crippen molar-refractivity contribution in [3.8, 4) is 28.4 Å². The van der Waals surface area contributed by atoms with Crippen LogP contribution in [0, 0.1) is 5.41 Å². The standard InChI is InChI=1S/C32H38O8/c1-32(2,3)23-30(33)39-22-20-37-18-17-36-19-21-38-28-13-9-26(10-14-28)31(34)40-29-15-7-25(8-16-29)24-5-11-27(35-4)12-6-24/h5-16H,17-23H2,1-4H3. The maximum absolute atomic E-state index is 12.5. The lowest BCUT2D eigenvalue weighted by atomic mass is 9.93. The minimum Gasteiger partial charge on any atom is -0.497 e. The van der Waals surface area contributed by atoms with Gasteiger partial charge in [-0.2, -0.15) is 0 Å². The summed E-state index contributed by atoms with van der Waals surface area (Å²) in [6.07, 6.45) is 0.379. The quantitative estimate of drug-likeness (QED) is 0.130. The van der Waals surface area contributed by atoms with E-state index in [2.05, 4.69) is 0 Å². The van der Waals surface area contributed by atoms with Crippen molar-refractivity contribution < 1.29 is 38.0 Å². The van der Waals surface area contributed by atoms with Gasteiger partial charge in [0.15, 0.2) is 0 Å². The highest BCUT2D eigenvalue weighted by Gasteiger charge is 2.16. The Morgan fingerprint density at radius 3 is 1.68 bits per heavy atom. The zero-order valence-corrected chi connectivity index (χ0v) is 23.6. The number of rotatable bonds is 15. The van der Waals surface area contributed by atoms with E-state index >= 15 is 0 Å². The molecule has 0 aromatic heterocycles. The Morgan fingerprint density at radius 2 is 1.12 bits per heavy atom. The molecule has 0 heterocycles. The molecule has 0 saturated heterocycles. The van der Waals surface area contributed by atoms with Gasteiger partial charge in [0.25, 0.3) is 0 Å². The van der Waals surface area contributed by atoms with Gasteiger partial charge in [-0.15, -0.1) is 0 Å². The molecule has 0 aliphatic rings. The van der Waals surface area contributed by atoms with E-state index in [-0.39, 0.29) is 18.0 Å². The monoisotopic (exact) mass is 550 g/mol. The number of ether oxygens (including phenoxy) is 6. The lowest BCUT2D eigenvalue weighted by molar-refractivity contribution is -0.147. The van der Waals surface area contributed by atoms with Crippen LogP contribution in [-0.2, 0) is 19.0 Å². The summed E-state index contributed by atoms with van der Waals surface area (Å²) >= 11 is 0. The molecule has 214 valence electrons. The summed E-state index contributed by atoms with van der Waals surface area (Å²) in [5.41, 5.74) is 2.38. The first-order valence-electron chi connectivity index (χ1n) is 13.2. The highest BCUT2D eigenvalue weighted by molar-refractivity contribution is 5.91. The molecular weight excluding hydrogens is 512 g/mol. The predicted octanol–water partition coefficient (Wildman–Crippen LogP) is 5.97. The average Bonchev–Trinajstić information content (AvgIpc) is 2.94. The normalized spacial score (nSPS) is 11.1. The molecule has 0 spiro atoms. The summed E-state index contributed by atoms with van der Waals surface area (Å²) < 4.78 is 32.4. The van der Waals surface area contributed by atoms with Gasteiger partial charge in [0.2, 0.25) is 0 Å². The molecule has 3 aromatic rings. The van der Waals surface area contributed by atoms with Crippen molar-refractivity contribution in [2.24, 2.45) is 5.41 Å². The van der Waals surface area contributed by atoms with E-state index in [1.165, 1.54) is 0 Å². The fraction of sp³-hybridized carbons (Fsp3) is 0.375. The fourth-order valence-electron chi connectivity index (χ4n) is 3.59. The van der Waals surface area contributed by atoms with Crippen molar-refractivity contribution in [2.75, 3.05) is 46.8 Å². The summed E-state index contributed by atoms with van der Waals surface area (Å²) in [6, 6.07) is 21.8. The largest absolute Gasteiger partial charge is 0.497 e. The van der Waals surface area contributed by atoms with Crippen LogP contribution in [0.15, 0.2) is 72.8 Å². The third kappa shape index (κ3) is 11.1. The van der Waals surface area contributed by atoms with Crippen LogP contribution in [0.4, 0.5) is 0 Å². The van der Waals surface area contributed by atoms with E-state index in [9.17, 15) is 9.59 Å². The molecule has 0 aliphatic heterocycles. The van der Waals surface area contributed by atoms with Crippen LogP contribution in [0.2, 0.25) is 0 Å². The van der Waals surface area contributed by atoms with Gasteiger partial charge in [0, 0.05) is 0 Å². The van der Waals surface area contributed by atoms with Crippen LogP contribution in [0.1, 0.15) is 37.6 Å². The molecule has 8 heteroatoms. The zero-order chi connectivity index (χ0) is 28.8. The fourth-order valence-corrected chi connectivity index (χ4v) is 3.59. The number of benzene rings is 3. The Morgan fingerprint density at radius 1 is 0.625 bits per heavy atom. The van der Waals surface area contributed by atoms with E-state index in [0.717, 1.165) is 16.9 Å². The third-order valence-electron chi connectivity index (χ3n) is 5.61. The van der Waals surface area contributed by atoms with Crippen LogP contribution in [0.25, 0.3) is 11.1 Å². The number of hydrogen-bond donors (Lipinski definition) is 0. The number of carbonyl (C=O) groups is 2. The average molecular weight is 551 g/mol. The van der Waals surface area contributed by atoms with Gasteiger partial charge < -0.3 is 28.4 Å². The second kappa shape index (κ2) is 15.6. The molecule has 3 aromatic carbocycles. The van der Waals surface area contributed by atoms with E-state index < -0.39 is 5.97 Å². The van der Waals surface area contributed by atoms with Crippen molar-refractivity contribution in [3.05, 3.63) is 78.4 Å². The summed E-state index contributed by atoms with van der Waals surface area (Å²) in [7, 11) is 1.63. The van der Waals surface area contributed by atoms with Gasteiger partial charge in [0.1, 0.15) is 30.5 Å². The highest BCUT2D eigenvalue weighted by Crippen LogP contribution is 2.25. The lowest BCUT2D eigenvalue weighted by Gasteiger charge is -2.16. The molecule has 8 nitrogen and oxygen atoms in total. The minimum atomic E-state index is -0.448. The molecular formula is C32H38O8. The molecule has 0 saturated carbocycles. The Kier molecular flexibility index (Phi) is 12.0. The van der Waals surface area contributed by atoms with E-state index in [4.69, 9.17) is 28.4 Å². The van der Waals surface area contributed by atoms with Crippen LogP contribution in [0.3, 0.4) is 0 Å². The zero-order valence-electron chi connectivity index (χ0n) is 23.6. The third-order valence-corrected chi connectivity index (χ3v) is 5.61. The Hall–Kier alpha value is -3.88. The molecule has 0 atom stereocenters. The second-order valence-corrected chi connectivity index (χ2v) is 10.2. The first-order valence-corrected chi connectivity index (χ1v) is 13.2. The molecule has 0 fully saturated rings. The molecule has 0 amide bonds. The minimum absolute atomic E-state index is 0.0883. The number of methoxy groups -OCH3 is 1. The van der Waals surface area contributed by atoms with Crippen molar-refractivity contribution in [3.63, 3.8) is 0 Å². The summed E-state index contributed by atoms with van der Waals surface area (Å²) in [5, 5.41) is 0. The number of hydrogen-bond acceptors (Lipinski definition) is 8. The second-order valence-electron chi connectivity index (χ2n) is 10.2. The van der Waals surface area contributed by atoms with Crippen molar-refractivity contribution >= 4 is 11.9 Å². The summed E-state index contributed by atoms with van der Waals surface area (Å²) in [4.78, 5) is 24.2. The SMILES string of the molecule is COc1ccc(-c2ccc(OC(=O)c3ccc(OCCOCCOCCOC(=O)CC(C)(C)C)cc3)cc2)cc1. The van der Waals surface area contributed by atoms with Gasteiger partial charge in [-0.1, -0.05) is 45.0 Å². The topological polar surface area (TPSA) is 89.5 Å². The van der Waals surface area contributed by atoms with Gasteiger partial charge >= 0.3 is 11.9 Å². The molecule has 0 aliphatic carbocycles. The molecule has 3 rings (SSSR count). The van der Waals surface area contributed by atoms with Gasteiger partial charge in [-0.25, -0.2) is 4.79 Å².